The lowest BCUT2D eigenvalue weighted by Crippen LogP contribution is -2.48. The Bertz CT molecular complexity index is 745. The summed E-state index contributed by atoms with van der Waals surface area (Å²) in [4.78, 5) is 16.7. The highest BCUT2D eigenvalue weighted by atomic mass is 32.2. The number of aryl methyl sites for hydroxylation is 1. The van der Waals surface area contributed by atoms with Crippen LogP contribution in [0, 0.1) is 0 Å². The number of hydrogen-bond donors (Lipinski definition) is 0. The topological polar surface area (TPSA) is 75.5 Å². The van der Waals surface area contributed by atoms with Crippen LogP contribution in [-0.4, -0.2) is 71.1 Å². The predicted molar refractivity (Wildman–Crippen MR) is 100 cm³/mol. The van der Waals surface area contributed by atoms with Gasteiger partial charge in [-0.2, -0.15) is 5.10 Å². The van der Waals surface area contributed by atoms with E-state index < -0.39 is 9.84 Å². The molecule has 0 saturated carbocycles. The largest absolute Gasteiger partial charge is 0.336 e. The fourth-order valence-electron chi connectivity index (χ4n) is 4.33. The summed E-state index contributed by atoms with van der Waals surface area (Å²) in [5.74, 6) is 0.173. The van der Waals surface area contributed by atoms with Crippen molar-refractivity contribution in [2.75, 3.05) is 31.6 Å². The van der Waals surface area contributed by atoms with E-state index in [2.05, 4.69) is 23.1 Å². The van der Waals surface area contributed by atoms with Gasteiger partial charge in [0.25, 0.3) is 0 Å². The van der Waals surface area contributed by atoms with Crippen molar-refractivity contribution >= 4 is 15.7 Å². The Morgan fingerprint density at radius 1 is 1.23 bits per heavy atom. The highest BCUT2D eigenvalue weighted by molar-refractivity contribution is 7.90. The second-order valence-electron chi connectivity index (χ2n) is 7.73. The van der Waals surface area contributed by atoms with Crippen LogP contribution in [0.15, 0.2) is 12.4 Å². The first-order valence-corrected chi connectivity index (χ1v) is 11.6. The fraction of sp³-hybridized carbons (Fsp3) is 0.778. The van der Waals surface area contributed by atoms with E-state index >= 15 is 0 Å². The number of aromatic nitrogens is 2. The molecule has 3 rings (SSSR count). The zero-order valence-corrected chi connectivity index (χ0v) is 16.7. The zero-order valence-electron chi connectivity index (χ0n) is 15.9. The lowest BCUT2D eigenvalue weighted by atomic mass is 9.88. The molecular formula is C18H30N4O3S. The third-order valence-corrected chi connectivity index (χ3v) is 6.71. The van der Waals surface area contributed by atoms with Crippen LogP contribution in [0.5, 0.6) is 0 Å². The van der Waals surface area contributed by atoms with Gasteiger partial charge in [0.2, 0.25) is 5.91 Å². The third kappa shape index (κ3) is 4.46. The summed E-state index contributed by atoms with van der Waals surface area (Å²) in [6, 6.07) is 0. The van der Waals surface area contributed by atoms with Crippen molar-refractivity contribution in [3.8, 4) is 0 Å². The summed E-state index contributed by atoms with van der Waals surface area (Å²) >= 11 is 0. The van der Waals surface area contributed by atoms with Gasteiger partial charge in [0.1, 0.15) is 9.84 Å². The number of amides is 1. The standard InChI is InChI=1S/C18H30N4O3S/c1-3-21-15-16(13-19-21)14-20-9-4-6-18(8-10-20)7-5-17(23)22(18)11-12-26(2,24)25/h13,15H,3-12,14H2,1-2H3/t18-/m1/s1. The Morgan fingerprint density at radius 3 is 2.73 bits per heavy atom. The molecule has 7 nitrogen and oxygen atoms in total. The fourth-order valence-corrected chi connectivity index (χ4v) is 4.84. The minimum atomic E-state index is -3.06. The van der Waals surface area contributed by atoms with Gasteiger partial charge in [-0.1, -0.05) is 0 Å². The number of sulfone groups is 1. The Kier molecular flexibility index (Phi) is 5.72. The number of nitrogens with zero attached hydrogens (tertiary/aromatic N) is 4. The first kappa shape index (κ1) is 19.4. The van der Waals surface area contributed by atoms with Gasteiger partial charge in [0, 0.05) is 56.2 Å². The molecule has 0 N–H and O–H groups in total. The van der Waals surface area contributed by atoms with Crippen LogP contribution in [-0.2, 0) is 27.7 Å². The van der Waals surface area contributed by atoms with Crippen LogP contribution >= 0.6 is 0 Å². The van der Waals surface area contributed by atoms with E-state index in [4.69, 9.17) is 0 Å². The summed E-state index contributed by atoms with van der Waals surface area (Å²) in [6.07, 6.45) is 9.60. The van der Waals surface area contributed by atoms with Crippen molar-refractivity contribution in [3.63, 3.8) is 0 Å². The molecule has 1 atom stereocenters. The SMILES string of the molecule is CCn1cc(CN2CCC[C@@]3(CCC(=O)N3CCS(C)(=O)=O)CC2)cn1. The van der Waals surface area contributed by atoms with Crippen LogP contribution in [0.1, 0.15) is 44.6 Å². The first-order chi connectivity index (χ1) is 12.3. The van der Waals surface area contributed by atoms with Crippen LogP contribution in [0.4, 0.5) is 0 Å². The average Bonchev–Trinajstić information content (AvgIpc) is 3.08. The van der Waals surface area contributed by atoms with E-state index in [1.165, 1.54) is 11.8 Å². The number of carbonyl (C=O) groups excluding carboxylic acids is 1. The van der Waals surface area contributed by atoms with Gasteiger partial charge in [0.05, 0.1) is 11.9 Å². The van der Waals surface area contributed by atoms with Gasteiger partial charge >= 0.3 is 0 Å². The van der Waals surface area contributed by atoms with Crippen LogP contribution < -0.4 is 0 Å². The van der Waals surface area contributed by atoms with E-state index in [1.54, 1.807) is 0 Å². The van der Waals surface area contributed by atoms with E-state index in [1.807, 2.05) is 15.8 Å². The lowest BCUT2D eigenvalue weighted by molar-refractivity contribution is -0.131. The first-order valence-electron chi connectivity index (χ1n) is 9.53. The second kappa shape index (κ2) is 7.68. The molecule has 26 heavy (non-hydrogen) atoms. The van der Waals surface area contributed by atoms with Crippen LogP contribution in [0.25, 0.3) is 0 Å². The molecule has 0 radical (unpaired) electrons. The van der Waals surface area contributed by atoms with Gasteiger partial charge in [-0.3, -0.25) is 14.4 Å². The number of carbonyl (C=O) groups is 1. The van der Waals surface area contributed by atoms with E-state index in [0.29, 0.717) is 13.0 Å². The monoisotopic (exact) mass is 382 g/mol. The van der Waals surface area contributed by atoms with Crippen molar-refractivity contribution in [1.82, 2.24) is 19.6 Å². The maximum Gasteiger partial charge on any atom is 0.223 e. The molecule has 1 aromatic heterocycles. The van der Waals surface area contributed by atoms with Crippen LogP contribution in [0.3, 0.4) is 0 Å². The lowest BCUT2D eigenvalue weighted by Gasteiger charge is -2.38. The highest BCUT2D eigenvalue weighted by Crippen LogP contribution is 2.39. The van der Waals surface area contributed by atoms with Crippen molar-refractivity contribution < 1.29 is 13.2 Å². The quantitative estimate of drug-likeness (QED) is 0.741. The van der Waals surface area contributed by atoms with Crippen molar-refractivity contribution in [2.24, 2.45) is 0 Å². The van der Waals surface area contributed by atoms with E-state index in [9.17, 15) is 13.2 Å². The summed E-state index contributed by atoms with van der Waals surface area (Å²) in [6.45, 7) is 6.11. The maximum atomic E-state index is 12.4. The molecule has 2 aliphatic rings. The van der Waals surface area contributed by atoms with Crippen LogP contribution in [0.2, 0.25) is 0 Å². The smallest absolute Gasteiger partial charge is 0.223 e. The van der Waals surface area contributed by atoms with Crippen molar-refractivity contribution in [1.29, 1.82) is 0 Å². The van der Waals surface area contributed by atoms with E-state index in [-0.39, 0.29) is 17.2 Å². The number of rotatable bonds is 6. The van der Waals surface area contributed by atoms with Gasteiger partial charge in [-0.15, -0.1) is 0 Å². The molecule has 2 fully saturated rings. The Hall–Kier alpha value is -1.41. The number of hydrogen-bond acceptors (Lipinski definition) is 5. The molecule has 3 heterocycles. The minimum absolute atomic E-state index is 0.0560. The summed E-state index contributed by atoms with van der Waals surface area (Å²) in [5.41, 5.74) is 1.07. The third-order valence-electron chi connectivity index (χ3n) is 5.79. The van der Waals surface area contributed by atoms with Crippen molar-refractivity contribution in [3.05, 3.63) is 18.0 Å². The normalized spacial score (nSPS) is 25.2. The minimum Gasteiger partial charge on any atom is -0.336 e. The molecular weight excluding hydrogens is 352 g/mol. The molecule has 0 bridgehead atoms. The van der Waals surface area contributed by atoms with Gasteiger partial charge in [0.15, 0.2) is 0 Å². The summed E-state index contributed by atoms with van der Waals surface area (Å²) in [7, 11) is -3.06. The Labute approximate surface area is 156 Å². The van der Waals surface area contributed by atoms with E-state index in [0.717, 1.165) is 51.9 Å². The molecule has 8 heteroatoms. The summed E-state index contributed by atoms with van der Waals surface area (Å²) < 4.78 is 25.1. The molecule has 1 amide bonds. The molecule has 1 spiro atoms. The second-order valence-corrected chi connectivity index (χ2v) is 9.99. The van der Waals surface area contributed by atoms with Gasteiger partial charge < -0.3 is 4.90 Å². The van der Waals surface area contributed by atoms with Gasteiger partial charge in [-0.05, 0) is 39.2 Å². The predicted octanol–water partition coefficient (Wildman–Crippen LogP) is 1.29. The average molecular weight is 383 g/mol. The van der Waals surface area contributed by atoms with Gasteiger partial charge in [-0.25, -0.2) is 8.42 Å². The Morgan fingerprint density at radius 2 is 2.04 bits per heavy atom. The maximum absolute atomic E-state index is 12.4. The molecule has 146 valence electrons. The number of likely N-dealkylation sites (tertiary alicyclic amines) is 2. The zero-order chi connectivity index (χ0) is 18.8. The summed E-state index contributed by atoms with van der Waals surface area (Å²) in [5, 5.41) is 4.34. The molecule has 0 aromatic carbocycles. The Balaban J connectivity index is 1.64. The molecule has 0 aliphatic carbocycles. The molecule has 1 aromatic rings. The highest BCUT2D eigenvalue weighted by Gasteiger charge is 2.45. The van der Waals surface area contributed by atoms with Crippen molar-refractivity contribution in [2.45, 2.75) is 57.7 Å². The molecule has 2 saturated heterocycles. The molecule has 2 aliphatic heterocycles. The molecule has 0 unspecified atom stereocenters.